The van der Waals surface area contributed by atoms with E-state index >= 15 is 0 Å². The predicted octanol–water partition coefficient (Wildman–Crippen LogP) is 1.21. The third kappa shape index (κ3) is 3.30. The lowest BCUT2D eigenvalue weighted by atomic mass is 10.2. The Morgan fingerprint density at radius 2 is 2.25 bits per heavy atom. The van der Waals surface area contributed by atoms with Crippen LogP contribution in [-0.4, -0.2) is 30.1 Å². The van der Waals surface area contributed by atoms with E-state index in [-0.39, 0.29) is 22.3 Å². The molecule has 1 aromatic heterocycles. The van der Waals surface area contributed by atoms with Crippen LogP contribution in [0.25, 0.3) is 0 Å². The number of halogens is 1. The second-order valence-corrected chi connectivity index (χ2v) is 5.73. The van der Waals surface area contributed by atoms with Gasteiger partial charge in [-0.05, 0) is 18.2 Å². The Labute approximate surface area is 120 Å². The van der Waals surface area contributed by atoms with Gasteiger partial charge in [0, 0.05) is 5.56 Å². The average molecular weight is 312 g/mol. The molecule has 2 rings (SSSR count). The first kappa shape index (κ1) is 14.4. The molecule has 104 valence electrons. The maximum Gasteiger partial charge on any atom is 0.279 e. The van der Waals surface area contributed by atoms with E-state index in [2.05, 4.69) is 26.5 Å². The Kier molecular flexibility index (Phi) is 4.29. The van der Waals surface area contributed by atoms with Crippen molar-refractivity contribution in [2.75, 3.05) is 11.3 Å². The van der Waals surface area contributed by atoms with E-state index in [0.29, 0.717) is 5.56 Å². The summed E-state index contributed by atoms with van der Waals surface area (Å²) in [6.45, 7) is -0.280. The summed E-state index contributed by atoms with van der Waals surface area (Å²) < 4.78 is 26.4. The van der Waals surface area contributed by atoms with Gasteiger partial charge in [0.1, 0.15) is 6.61 Å². The molecule has 0 atom stereocenters. The Hall–Kier alpha value is -2.01. The monoisotopic (exact) mass is 311 g/mol. The first-order valence-corrected chi connectivity index (χ1v) is 7.29. The number of aliphatic hydroxyl groups excluding tert-OH is 1. The molecule has 8 heteroatoms. The van der Waals surface area contributed by atoms with E-state index in [1.54, 1.807) is 6.07 Å². The highest BCUT2D eigenvalue weighted by Gasteiger charge is 2.17. The van der Waals surface area contributed by atoms with Crippen molar-refractivity contribution in [2.45, 2.75) is 5.03 Å². The zero-order chi connectivity index (χ0) is 14.6. The highest BCUT2D eigenvalue weighted by Crippen LogP contribution is 2.25. The number of aliphatic hydroxyl groups is 1. The highest BCUT2D eigenvalue weighted by molar-refractivity contribution is 7.92. The molecule has 0 saturated carbocycles. The zero-order valence-corrected chi connectivity index (χ0v) is 11.7. The Morgan fingerprint density at radius 3 is 2.90 bits per heavy atom. The average Bonchev–Trinajstić information content (AvgIpc) is 2.94. The van der Waals surface area contributed by atoms with Crippen molar-refractivity contribution in [2.24, 2.45) is 0 Å². The number of hydrogen-bond acceptors (Lipinski definition) is 4. The van der Waals surface area contributed by atoms with Gasteiger partial charge < -0.3 is 10.1 Å². The van der Waals surface area contributed by atoms with Gasteiger partial charge >= 0.3 is 0 Å². The maximum atomic E-state index is 12.0. The van der Waals surface area contributed by atoms with Crippen molar-refractivity contribution < 1.29 is 13.5 Å². The SMILES string of the molecule is O=S(=O)(Nc1cc(C#CCO)ccc1Cl)c1cnc[nH]1. The standard InChI is InChI=1S/C12H10ClN3O3S/c13-10-4-3-9(2-1-5-17)6-11(10)16-20(18,19)12-7-14-8-15-12/h3-4,6-8,16-17H,5H2,(H,14,15). The van der Waals surface area contributed by atoms with Crippen molar-refractivity contribution in [3.8, 4) is 11.8 Å². The summed E-state index contributed by atoms with van der Waals surface area (Å²) >= 11 is 5.95. The van der Waals surface area contributed by atoms with E-state index in [0.717, 1.165) is 0 Å². The molecule has 2 aromatic rings. The molecule has 1 heterocycles. The molecule has 0 radical (unpaired) electrons. The second-order valence-electron chi connectivity index (χ2n) is 3.68. The first-order chi connectivity index (χ1) is 9.53. The number of hydrogen-bond donors (Lipinski definition) is 3. The van der Waals surface area contributed by atoms with Crippen LogP contribution in [0.4, 0.5) is 5.69 Å². The number of H-pyrrole nitrogens is 1. The van der Waals surface area contributed by atoms with E-state index in [4.69, 9.17) is 16.7 Å². The van der Waals surface area contributed by atoms with Crippen molar-refractivity contribution in [1.82, 2.24) is 9.97 Å². The van der Waals surface area contributed by atoms with Gasteiger partial charge in [-0.1, -0.05) is 23.4 Å². The minimum Gasteiger partial charge on any atom is -0.384 e. The van der Waals surface area contributed by atoms with Crippen LogP contribution in [0.1, 0.15) is 5.56 Å². The molecule has 20 heavy (non-hydrogen) atoms. The van der Waals surface area contributed by atoms with Crippen LogP contribution in [0, 0.1) is 11.8 Å². The molecule has 0 saturated heterocycles. The molecule has 0 aliphatic rings. The highest BCUT2D eigenvalue weighted by atomic mass is 35.5. The summed E-state index contributed by atoms with van der Waals surface area (Å²) in [5.74, 6) is 5.14. The minimum absolute atomic E-state index is 0.0691. The molecular weight excluding hydrogens is 302 g/mol. The third-order valence-electron chi connectivity index (χ3n) is 2.29. The Balaban J connectivity index is 2.34. The van der Waals surface area contributed by atoms with Crippen LogP contribution in [0.2, 0.25) is 5.02 Å². The summed E-state index contributed by atoms with van der Waals surface area (Å²) in [5.41, 5.74) is 0.733. The maximum absolute atomic E-state index is 12.0. The summed E-state index contributed by atoms with van der Waals surface area (Å²) in [4.78, 5) is 6.15. The quantitative estimate of drug-likeness (QED) is 0.742. The Bertz CT molecular complexity index is 761. The molecule has 6 nitrogen and oxygen atoms in total. The van der Waals surface area contributed by atoms with E-state index in [9.17, 15) is 8.42 Å². The smallest absolute Gasteiger partial charge is 0.279 e. The van der Waals surface area contributed by atoms with E-state index in [1.807, 2.05) is 0 Å². The molecular formula is C12H10ClN3O3S. The number of aromatic amines is 1. The number of sulfonamides is 1. The van der Waals surface area contributed by atoms with Crippen LogP contribution in [0.3, 0.4) is 0 Å². The minimum atomic E-state index is -3.78. The van der Waals surface area contributed by atoms with Crippen LogP contribution in [0.5, 0.6) is 0 Å². The molecule has 3 N–H and O–H groups in total. The fraction of sp³-hybridized carbons (Fsp3) is 0.0833. The summed E-state index contributed by atoms with van der Waals surface area (Å²) in [6, 6.07) is 4.63. The zero-order valence-electron chi connectivity index (χ0n) is 10.1. The molecule has 0 fully saturated rings. The molecule has 0 aliphatic heterocycles. The molecule has 0 spiro atoms. The summed E-state index contributed by atoms with van der Waals surface area (Å²) in [7, 11) is -3.78. The first-order valence-electron chi connectivity index (χ1n) is 5.43. The number of benzene rings is 1. The van der Waals surface area contributed by atoms with Gasteiger partial charge in [-0.2, -0.15) is 8.42 Å². The largest absolute Gasteiger partial charge is 0.384 e. The van der Waals surface area contributed by atoms with E-state index < -0.39 is 10.0 Å². The fourth-order valence-electron chi connectivity index (χ4n) is 1.41. The lowest BCUT2D eigenvalue weighted by Crippen LogP contribution is -2.13. The van der Waals surface area contributed by atoms with Gasteiger partial charge in [-0.3, -0.25) is 4.72 Å². The molecule has 0 unspecified atom stereocenters. The second kappa shape index (κ2) is 5.96. The number of rotatable bonds is 3. The number of nitrogens with one attached hydrogen (secondary N) is 2. The van der Waals surface area contributed by atoms with E-state index in [1.165, 1.54) is 24.7 Å². The topological polar surface area (TPSA) is 95.1 Å². The number of imidazole rings is 1. The van der Waals surface area contributed by atoms with Crippen molar-refractivity contribution in [1.29, 1.82) is 0 Å². The third-order valence-corrected chi connectivity index (χ3v) is 3.91. The van der Waals surface area contributed by atoms with Crippen molar-refractivity contribution in [3.63, 3.8) is 0 Å². The Morgan fingerprint density at radius 1 is 1.45 bits per heavy atom. The van der Waals surface area contributed by atoms with Crippen LogP contribution in [0.15, 0.2) is 35.7 Å². The summed E-state index contributed by atoms with van der Waals surface area (Å²) in [6.07, 6.45) is 2.45. The van der Waals surface area contributed by atoms with Gasteiger partial charge in [0.25, 0.3) is 10.0 Å². The van der Waals surface area contributed by atoms with Crippen LogP contribution < -0.4 is 4.72 Å². The van der Waals surface area contributed by atoms with Gasteiger partial charge in [0.05, 0.1) is 23.2 Å². The molecule has 0 amide bonds. The fourth-order valence-corrected chi connectivity index (χ4v) is 2.61. The lowest BCUT2D eigenvalue weighted by Gasteiger charge is -2.08. The summed E-state index contributed by atoms with van der Waals surface area (Å²) in [5, 5.41) is 8.81. The lowest BCUT2D eigenvalue weighted by molar-refractivity contribution is 0.350. The van der Waals surface area contributed by atoms with Crippen molar-refractivity contribution >= 4 is 27.3 Å². The van der Waals surface area contributed by atoms with Crippen LogP contribution >= 0.6 is 11.6 Å². The van der Waals surface area contributed by atoms with Crippen LogP contribution in [-0.2, 0) is 10.0 Å². The van der Waals surface area contributed by atoms with Gasteiger partial charge in [0.15, 0.2) is 5.03 Å². The number of anilines is 1. The van der Waals surface area contributed by atoms with Gasteiger partial charge in [-0.15, -0.1) is 0 Å². The van der Waals surface area contributed by atoms with Gasteiger partial charge in [-0.25, -0.2) is 4.98 Å². The molecule has 1 aromatic carbocycles. The predicted molar refractivity (Wildman–Crippen MR) is 74.8 cm³/mol. The normalized spacial score (nSPS) is 10.7. The molecule has 0 bridgehead atoms. The number of nitrogens with zero attached hydrogens (tertiary/aromatic N) is 1. The molecule has 0 aliphatic carbocycles. The van der Waals surface area contributed by atoms with Crippen molar-refractivity contribution in [3.05, 3.63) is 41.3 Å². The number of aromatic nitrogens is 2. The van der Waals surface area contributed by atoms with Gasteiger partial charge in [0.2, 0.25) is 0 Å².